The number of nitrogens with zero attached hydrogens (tertiary/aromatic N) is 2. The van der Waals surface area contributed by atoms with Crippen LogP contribution in [0.15, 0.2) is 59.8 Å². The number of hydrogen-bond donors (Lipinski definition) is 1. The number of nitrogens with one attached hydrogen (secondary N) is 1. The van der Waals surface area contributed by atoms with Crippen molar-refractivity contribution in [1.82, 2.24) is 15.2 Å². The zero-order valence-corrected chi connectivity index (χ0v) is 18.4. The number of carbonyl (C=O) groups excluding carboxylic acids is 2. The van der Waals surface area contributed by atoms with Gasteiger partial charge < -0.3 is 19.7 Å². The third-order valence-corrected chi connectivity index (χ3v) is 6.62. The summed E-state index contributed by atoms with van der Waals surface area (Å²) in [5.74, 6) is -1.07. The standard InChI is InChI=1S/C25H25N3O4/c1-5-25(32-23(29)14(2)26-4)19-11-21-22-17(10-16-8-6-7-9-20(16)27-22)12-28(21)15(3)18(19)13-31-24(25)30/h6-11,14,26H,3,5,12-13H2,1-2,4H3/t14?,25-/m0/s1. The van der Waals surface area contributed by atoms with Gasteiger partial charge in [-0.1, -0.05) is 31.7 Å². The van der Waals surface area contributed by atoms with Crippen LogP contribution in [0.1, 0.15) is 31.5 Å². The molecule has 164 valence electrons. The van der Waals surface area contributed by atoms with Crippen LogP contribution in [0.4, 0.5) is 0 Å². The molecule has 1 aromatic carbocycles. The predicted octanol–water partition coefficient (Wildman–Crippen LogP) is 3.07. The van der Waals surface area contributed by atoms with Gasteiger partial charge in [0.1, 0.15) is 12.6 Å². The molecule has 0 radical (unpaired) electrons. The van der Waals surface area contributed by atoms with Gasteiger partial charge in [0.05, 0.1) is 23.5 Å². The summed E-state index contributed by atoms with van der Waals surface area (Å²) in [7, 11) is 1.67. The number of cyclic esters (lactones) is 1. The van der Waals surface area contributed by atoms with E-state index >= 15 is 0 Å². The van der Waals surface area contributed by atoms with E-state index < -0.39 is 23.6 Å². The second kappa shape index (κ2) is 7.31. The fraction of sp³-hybridized carbons (Fsp3) is 0.320. The van der Waals surface area contributed by atoms with Gasteiger partial charge in [0.2, 0.25) is 5.60 Å². The van der Waals surface area contributed by atoms with Crippen molar-refractivity contribution in [2.75, 3.05) is 13.7 Å². The van der Waals surface area contributed by atoms with Gasteiger partial charge in [-0.2, -0.15) is 0 Å². The van der Waals surface area contributed by atoms with Crippen LogP contribution in [-0.4, -0.2) is 47.1 Å². The first-order valence-corrected chi connectivity index (χ1v) is 10.8. The fourth-order valence-corrected chi connectivity index (χ4v) is 4.58. The van der Waals surface area contributed by atoms with Crippen molar-refractivity contribution in [3.63, 3.8) is 0 Å². The highest BCUT2D eigenvalue weighted by Gasteiger charge is 2.52. The molecule has 3 aliphatic heterocycles. The number of ether oxygens (including phenoxy) is 2. The molecule has 0 spiro atoms. The molecule has 7 heteroatoms. The van der Waals surface area contributed by atoms with E-state index in [9.17, 15) is 9.59 Å². The van der Waals surface area contributed by atoms with Crippen LogP contribution in [0.5, 0.6) is 0 Å². The largest absolute Gasteiger partial charge is 0.457 e. The molecule has 3 aliphatic rings. The highest BCUT2D eigenvalue weighted by molar-refractivity contribution is 5.93. The van der Waals surface area contributed by atoms with E-state index in [-0.39, 0.29) is 13.0 Å². The molecule has 7 nitrogen and oxygen atoms in total. The van der Waals surface area contributed by atoms with Gasteiger partial charge >= 0.3 is 11.9 Å². The van der Waals surface area contributed by atoms with E-state index in [1.807, 2.05) is 37.3 Å². The third kappa shape index (κ3) is 2.81. The minimum Gasteiger partial charge on any atom is -0.457 e. The first-order valence-electron chi connectivity index (χ1n) is 10.8. The van der Waals surface area contributed by atoms with Crippen LogP contribution in [0, 0.1) is 0 Å². The van der Waals surface area contributed by atoms with Crippen molar-refractivity contribution in [2.45, 2.75) is 38.5 Å². The normalized spacial score (nSPS) is 22.7. The van der Waals surface area contributed by atoms with E-state index in [4.69, 9.17) is 14.5 Å². The Morgan fingerprint density at radius 2 is 2.19 bits per heavy atom. The smallest absolute Gasteiger partial charge is 0.355 e. The number of fused-ring (bicyclic) bond motifs is 4. The Morgan fingerprint density at radius 1 is 1.41 bits per heavy atom. The number of rotatable bonds is 4. The molecule has 1 N–H and O–H groups in total. The average molecular weight is 431 g/mol. The lowest BCUT2D eigenvalue weighted by Gasteiger charge is -2.41. The van der Waals surface area contributed by atoms with Crippen LogP contribution in [0.3, 0.4) is 0 Å². The third-order valence-electron chi connectivity index (χ3n) is 6.62. The fourth-order valence-electron chi connectivity index (χ4n) is 4.58. The molecule has 0 aliphatic carbocycles. The molecule has 2 aromatic rings. The van der Waals surface area contributed by atoms with Crippen molar-refractivity contribution in [1.29, 1.82) is 0 Å². The van der Waals surface area contributed by atoms with E-state index in [1.54, 1.807) is 14.0 Å². The Kier molecular flexibility index (Phi) is 4.67. The first-order chi connectivity index (χ1) is 15.4. The summed E-state index contributed by atoms with van der Waals surface area (Å²) in [5.41, 5.74) is 4.34. The minimum absolute atomic E-state index is 0.0971. The van der Waals surface area contributed by atoms with Crippen LogP contribution in [0.2, 0.25) is 0 Å². The topological polar surface area (TPSA) is 80.8 Å². The first kappa shape index (κ1) is 20.5. The molecular weight excluding hydrogens is 406 g/mol. The van der Waals surface area contributed by atoms with Crippen LogP contribution < -0.4 is 5.32 Å². The number of hydrogen-bond acceptors (Lipinski definition) is 7. The summed E-state index contributed by atoms with van der Waals surface area (Å²) in [5, 5.41) is 3.94. The molecule has 0 saturated carbocycles. The number of pyridine rings is 1. The van der Waals surface area contributed by atoms with Gasteiger partial charge in [-0.25, -0.2) is 9.78 Å². The zero-order valence-electron chi connectivity index (χ0n) is 18.4. The minimum atomic E-state index is -1.52. The Labute approximate surface area is 186 Å². The number of benzene rings is 1. The summed E-state index contributed by atoms with van der Waals surface area (Å²) in [4.78, 5) is 32.7. The molecule has 0 bridgehead atoms. The van der Waals surface area contributed by atoms with Gasteiger partial charge in [-0.15, -0.1) is 0 Å². The molecule has 1 unspecified atom stereocenters. The SMILES string of the molecule is C=C1C2=C(C=C3c4nc5ccccc5cc4CN13)[C@](CC)(OC(=O)C(C)NC)C(=O)OC2. The number of carbonyl (C=O) groups is 2. The number of aromatic nitrogens is 1. The number of esters is 2. The van der Waals surface area contributed by atoms with Crippen molar-refractivity contribution in [3.8, 4) is 0 Å². The summed E-state index contributed by atoms with van der Waals surface area (Å²) < 4.78 is 11.4. The van der Waals surface area contributed by atoms with Crippen molar-refractivity contribution in [2.24, 2.45) is 0 Å². The van der Waals surface area contributed by atoms with Crippen molar-refractivity contribution in [3.05, 3.63) is 71.1 Å². The van der Waals surface area contributed by atoms with Gasteiger partial charge in [0, 0.05) is 27.8 Å². The maximum atomic E-state index is 13.0. The number of para-hydroxylation sites is 1. The molecule has 4 heterocycles. The monoisotopic (exact) mass is 431 g/mol. The quantitative estimate of drug-likeness (QED) is 0.745. The second-order valence-electron chi connectivity index (χ2n) is 8.33. The molecule has 0 amide bonds. The maximum absolute atomic E-state index is 13.0. The lowest BCUT2D eigenvalue weighted by molar-refractivity contribution is -0.180. The Balaban J connectivity index is 1.66. The molecule has 2 atom stereocenters. The summed E-state index contributed by atoms with van der Waals surface area (Å²) in [6.07, 6.45) is 2.18. The van der Waals surface area contributed by atoms with Gasteiger partial charge in [-0.3, -0.25) is 4.79 Å². The molecular formula is C25H25N3O4. The van der Waals surface area contributed by atoms with E-state index in [0.717, 1.165) is 39.1 Å². The van der Waals surface area contributed by atoms with Crippen LogP contribution in [-0.2, 0) is 25.6 Å². The van der Waals surface area contributed by atoms with Crippen molar-refractivity contribution >= 4 is 28.5 Å². The molecule has 5 rings (SSSR count). The Morgan fingerprint density at radius 3 is 2.94 bits per heavy atom. The van der Waals surface area contributed by atoms with Gasteiger partial charge in [0.25, 0.3) is 0 Å². The summed E-state index contributed by atoms with van der Waals surface area (Å²) in [6.45, 7) is 8.55. The number of likely N-dealkylation sites (N-methyl/N-ethyl adjacent to an activating group) is 1. The Bertz CT molecular complexity index is 1240. The molecule has 0 fully saturated rings. The predicted molar refractivity (Wildman–Crippen MR) is 120 cm³/mol. The van der Waals surface area contributed by atoms with E-state index in [2.05, 4.69) is 22.9 Å². The lowest BCUT2D eigenvalue weighted by Crippen LogP contribution is -2.52. The van der Waals surface area contributed by atoms with Gasteiger partial charge in [-0.05, 0) is 38.6 Å². The highest BCUT2D eigenvalue weighted by atomic mass is 16.6. The summed E-state index contributed by atoms with van der Waals surface area (Å²) in [6, 6.07) is 9.57. The maximum Gasteiger partial charge on any atom is 0.355 e. The second-order valence-corrected chi connectivity index (χ2v) is 8.33. The van der Waals surface area contributed by atoms with Gasteiger partial charge in [0.15, 0.2) is 0 Å². The molecule has 0 saturated heterocycles. The Hall–Kier alpha value is -3.45. The molecule has 1 aromatic heterocycles. The van der Waals surface area contributed by atoms with Crippen molar-refractivity contribution < 1.29 is 19.1 Å². The summed E-state index contributed by atoms with van der Waals surface area (Å²) >= 11 is 0. The highest BCUT2D eigenvalue weighted by Crippen LogP contribution is 2.47. The van der Waals surface area contributed by atoms with E-state index in [0.29, 0.717) is 12.1 Å². The molecule has 32 heavy (non-hydrogen) atoms. The van der Waals surface area contributed by atoms with Crippen LogP contribution in [0.25, 0.3) is 16.6 Å². The van der Waals surface area contributed by atoms with E-state index in [1.165, 1.54) is 0 Å². The zero-order chi connectivity index (χ0) is 22.6. The average Bonchev–Trinajstić information content (AvgIpc) is 3.16. The van der Waals surface area contributed by atoms with Crippen LogP contribution >= 0.6 is 0 Å². The lowest BCUT2D eigenvalue weighted by atomic mass is 9.81.